The average molecular weight is 489 g/mol. The third kappa shape index (κ3) is 6.24. The van der Waals surface area contributed by atoms with Crippen molar-refractivity contribution < 1.29 is 23.5 Å². The van der Waals surface area contributed by atoms with Crippen molar-refractivity contribution >= 4 is 35.0 Å². The first-order valence-electron chi connectivity index (χ1n) is 10.8. The Kier molecular flexibility index (Phi) is 7.74. The molecule has 0 fully saturated rings. The molecule has 2 amide bonds. The van der Waals surface area contributed by atoms with Gasteiger partial charge in [-0.2, -0.15) is 0 Å². The maximum atomic E-state index is 13.4. The first-order chi connectivity index (χ1) is 17.1. The minimum atomic E-state index is -0.551. The van der Waals surface area contributed by atoms with Crippen molar-refractivity contribution in [3.63, 3.8) is 0 Å². The number of hydrogen-bond acceptors (Lipinski definition) is 6. The second-order valence-corrected chi connectivity index (χ2v) is 8.64. The number of methoxy groups -OCH3 is 2. The molecule has 1 aromatic heterocycles. The summed E-state index contributed by atoms with van der Waals surface area (Å²) in [5.41, 5.74) is 2.00. The lowest BCUT2D eigenvalue weighted by molar-refractivity contribution is -0.115. The number of carbonyl (C=O) groups is 2. The highest BCUT2D eigenvalue weighted by molar-refractivity contribution is 8.00. The molecule has 0 spiro atoms. The lowest BCUT2D eigenvalue weighted by atomic mass is 10.1. The van der Waals surface area contributed by atoms with Crippen LogP contribution in [0.5, 0.6) is 11.5 Å². The van der Waals surface area contributed by atoms with E-state index < -0.39 is 5.25 Å². The van der Waals surface area contributed by atoms with E-state index in [2.05, 4.69) is 10.6 Å². The Morgan fingerprint density at radius 3 is 2.20 bits per heavy atom. The number of carbonyl (C=O) groups excluding carboxylic acids is 2. The molecule has 4 rings (SSSR count). The van der Waals surface area contributed by atoms with Crippen LogP contribution in [0.3, 0.4) is 0 Å². The molecule has 4 aromatic rings. The topological polar surface area (TPSA) is 89.8 Å². The number of ether oxygens (including phenoxy) is 2. The molecule has 0 aliphatic carbocycles. The molecule has 1 unspecified atom stereocenters. The Morgan fingerprint density at radius 1 is 0.800 bits per heavy atom. The van der Waals surface area contributed by atoms with Crippen molar-refractivity contribution in [1.82, 2.24) is 0 Å². The van der Waals surface area contributed by atoms with Crippen molar-refractivity contribution in [3.05, 3.63) is 103 Å². The molecule has 35 heavy (non-hydrogen) atoms. The van der Waals surface area contributed by atoms with E-state index in [0.29, 0.717) is 22.9 Å². The summed E-state index contributed by atoms with van der Waals surface area (Å²) in [5.74, 6) is 0.813. The van der Waals surface area contributed by atoms with Gasteiger partial charge in [-0.1, -0.05) is 36.4 Å². The van der Waals surface area contributed by atoms with E-state index in [1.54, 1.807) is 50.6 Å². The molecule has 7 nitrogen and oxygen atoms in total. The van der Waals surface area contributed by atoms with Crippen molar-refractivity contribution in [1.29, 1.82) is 0 Å². The Balaban J connectivity index is 1.56. The standard InChI is InChI=1S/C27H24N2O5S/c1-32-21-14-20(15-22(17-21)33-2)29-27(31)25(18-8-4-3-5-9-18)35-23-11-6-10-19(16-23)28-26(30)24-12-7-13-34-24/h3-17,25H,1-2H3,(H,28,30)(H,29,31). The fraction of sp³-hybridized carbons (Fsp3) is 0.111. The molecule has 2 N–H and O–H groups in total. The van der Waals surface area contributed by atoms with Crippen LogP contribution in [0.2, 0.25) is 0 Å². The van der Waals surface area contributed by atoms with Crippen LogP contribution in [0.25, 0.3) is 0 Å². The summed E-state index contributed by atoms with van der Waals surface area (Å²) < 4.78 is 15.8. The highest BCUT2D eigenvalue weighted by Gasteiger charge is 2.23. The molecule has 3 aromatic carbocycles. The van der Waals surface area contributed by atoms with Gasteiger partial charge in [-0.3, -0.25) is 9.59 Å². The van der Waals surface area contributed by atoms with Crippen LogP contribution in [0.1, 0.15) is 21.4 Å². The summed E-state index contributed by atoms with van der Waals surface area (Å²) in [6, 6.07) is 25.3. The molecule has 0 radical (unpaired) electrons. The van der Waals surface area contributed by atoms with Gasteiger partial charge in [-0.25, -0.2) is 0 Å². The van der Waals surface area contributed by atoms with E-state index in [9.17, 15) is 9.59 Å². The zero-order valence-corrected chi connectivity index (χ0v) is 20.0. The van der Waals surface area contributed by atoms with E-state index in [1.807, 2.05) is 48.5 Å². The molecule has 1 atom stereocenters. The van der Waals surface area contributed by atoms with E-state index >= 15 is 0 Å². The third-order valence-corrected chi connectivity index (χ3v) is 6.30. The fourth-order valence-corrected chi connectivity index (χ4v) is 4.46. The molecule has 1 heterocycles. The van der Waals surface area contributed by atoms with Crippen LogP contribution in [0.4, 0.5) is 11.4 Å². The van der Waals surface area contributed by atoms with Gasteiger partial charge in [0.25, 0.3) is 5.91 Å². The van der Waals surface area contributed by atoms with Gasteiger partial charge >= 0.3 is 0 Å². The smallest absolute Gasteiger partial charge is 0.291 e. The molecular weight excluding hydrogens is 464 g/mol. The Hall–Kier alpha value is -4.17. The van der Waals surface area contributed by atoms with Crippen molar-refractivity contribution in [2.45, 2.75) is 10.1 Å². The van der Waals surface area contributed by atoms with Crippen LogP contribution in [-0.2, 0) is 4.79 Å². The van der Waals surface area contributed by atoms with E-state index in [0.717, 1.165) is 10.5 Å². The van der Waals surface area contributed by atoms with E-state index in [-0.39, 0.29) is 17.6 Å². The quantitative estimate of drug-likeness (QED) is 0.280. The first-order valence-corrected chi connectivity index (χ1v) is 11.6. The molecular formula is C27H24N2O5S. The third-order valence-electron chi connectivity index (χ3n) is 5.05. The molecule has 0 saturated heterocycles. The summed E-state index contributed by atoms with van der Waals surface area (Å²) >= 11 is 1.38. The number of thioether (sulfide) groups is 1. The molecule has 0 saturated carbocycles. The van der Waals surface area contributed by atoms with Crippen LogP contribution in [0, 0.1) is 0 Å². The zero-order valence-electron chi connectivity index (χ0n) is 19.2. The summed E-state index contributed by atoms with van der Waals surface area (Å²) in [6.45, 7) is 0. The predicted molar refractivity (Wildman–Crippen MR) is 136 cm³/mol. The van der Waals surface area contributed by atoms with Crippen LogP contribution >= 0.6 is 11.8 Å². The monoisotopic (exact) mass is 488 g/mol. The van der Waals surface area contributed by atoms with Gasteiger partial charge in [-0.05, 0) is 35.9 Å². The molecule has 0 bridgehead atoms. The largest absolute Gasteiger partial charge is 0.497 e. The fourth-order valence-electron chi connectivity index (χ4n) is 3.37. The number of amides is 2. The molecule has 0 aliphatic heterocycles. The van der Waals surface area contributed by atoms with Crippen molar-refractivity contribution in [2.24, 2.45) is 0 Å². The second-order valence-electron chi connectivity index (χ2n) is 7.46. The lowest BCUT2D eigenvalue weighted by Gasteiger charge is -2.18. The summed E-state index contributed by atoms with van der Waals surface area (Å²) in [5, 5.41) is 5.24. The average Bonchev–Trinajstić information content (AvgIpc) is 3.43. The Labute approximate surface area is 207 Å². The summed E-state index contributed by atoms with van der Waals surface area (Å²) in [6.07, 6.45) is 1.45. The van der Waals surface area contributed by atoms with Gasteiger partial charge in [0.1, 0.15) is 16.7 Å². The number of furan rings is 1. The number of benzene rings is 3. The van der Waals surface area contributed by atoms with Gasteiger partial charge in [0.2, 0.25) is 5.91 Å². The molecule has 0 aliphatic rings. The van der Waals surface area contributed by atoms with E-state index in [4.69, 9.17) is 13.9 Å². The normalized spacial score (nSPS) is 11.4. The van der Waals surface area contributed by atoms with Gasteiger partial charge < -0.3 is 24.5 Å². The number of hydrogen-bond donors (Lipinski definition) is 2. The minimum Gasteiger partial charge on any atom is -0.497 e. The van der Waals surface area contributed by atoms with Gasteiger partial charge in [0, 0.05) is 34.5 Å². The maximum absolute atomic E-state index is 13.4. The van der Waals surface area contributed by atoms with Crippen LogP contribution in [-0.4, -0.2) is 26.0 Å². The zero-order chi connectivity index (χ0) is 24.6. The number of anilines is 2. The lowest BCUT2D eigenvalue weighted by Crippen LogP contribution is -2.19. The van der Waals surface area contributed by atoms with Gasteiger partial charge in [0.15, 0.2) is 5.76 Å². The maximum Gasteiger partial charge on any atom is 0.291 e. The number of rotatable bonds is 9. The summed E-state index contributed by atoms with van der Waals surface area (Å²) in [4.78, 5) is 26.6. The highest BCUT2D eigenvalue weighted by atomic mass is 32.2. The van der Waals surface area contributed by atoms with Crippen LogP contribution in [0.15, 0.2) is 101 Å². The first kappa shape index (κ1) is 24.0. The van der Waals surface area contributed by atoms with Gasteiger partial charge in [-0.15, -0.1) is 11.8 Å². The number of nitrogens with one attached hydrogen (secondary N) is 2. The van der Waals surface area contributed by atoms with Gasteiger partial charge in [0.05, 0.1) is 20.5 Å². The highest BCUT2D eigenvalue weighted by Crippen LogP contribution is 2.38. The predicted octanol–water partition coefficient (Wildman–Crippen LogP) is 6.02. The minimum absolute atomic E-state index is 0.207. The van der Waals surface area contributed by atoms with Crippen LogP contribution < -0.4 is 20.1 Å². The molecule has 8 heteroatoms. The van der Waals surface area contributed by atoms with E-state index in [1.165, 1.54) is 18.0 Å². The SMILES string of the molecule is COc1cc(NC(=O)C(Sc2cccc(NC(=O)c3ccco3)c2)c2ccccc2)cc(OC)c1. The molecule has 178 valence electrons. The summed E-state index contributed by atoms with van der Waals surface area (Å²) in [7, 11) is 3.11. The van der Waals surface area contributed by atoms with Crippen molar-refractivity contribution in [3.8, 4) is 11.5 Å². The Bertz CT molecular complexity index is 1270. The second kappa shape index (κ2) is 11.3. The van der Waals surface area contributed by atoms with Crippen molar-refractivity contribution in [2.75, 3.05) is 24.9 Å². The Morgan fingerprint density at radius 2 is 1.54 bits per heavy atom.